The first-order chi connectivity index (χ1) is 5.75. The lowest BCUT2D eigenvalue weighted by atomic mass is 10.3. The molecule has 1 aliphatic rings. The Hall–Kier alpha value is -0.730. The fraction of sp³-hybridized carbons (Fsp3) is 0.889. The average Bonchev–Trinajstić information content (AvgIpc) is 2.13. The maximum atomic E-state index is 11.2. The zero-order chi connectivity index (χ0) is 9.56. The van der Waals surface area contributed by atoms with Crippen molar-refractivity contribution in [1.29, 1.82) is 0 Å². The van der Waals surface area contributed by atoms with Gasteiger partial charge in [0, 0.05) is 26.7 Å². The highest BCUT2D eigenvalue weighted by molar-refractivity contribution is 5.74. The van der Waals surface area contributed by atoms with E-state index in [1.54, 1.807) is 4.90 Å². The SMILES string of the molecule is CC.CCN1CCCN(C)C1=O. The summed E-state index contributed by atoms with van der Waals surface area (Å²) in [4.78, 5) is 14.8. The van der Waals surface area contributed by atoms with Crippen molar-refractivity contribution in [2.45, 2.75) is 27.2 Å². The minimum Gasteiger partial charge on any atom is -0.328 e. The molecule has 1 rings (SSSR count). The molecular weight excluding hydrogens is 152 g/mol. The van der Waals surface area contributed by atoms with Gasteiger partial charge < -0.3 is 9.80 Å². The van der Waals surface area contributed by atoms with E-state index in [0.717, 1.165) is 26.1 Å². The van der Waals surface area contributed by atoms with Gasteiger partial charge >= 0.3 is 6.03 Å². The van der Waals surface area contributed by atoms with Gasteiger partial charge in [0.05, 0.1) is 0 Å². The quantitative estimate of drug-likeness (QED) is 0.591. The maximum absolute atomic E-state index is 11.2. The van der Waals surface area contributed by atoms with Gasteiger partial charge in [0.1, 0.15) is 0 Å². The molecule has 72 valence electrons. The Morgan fingerprint density at radius 2 is 1.92 bits per heavy atom. The Kier molecular flexibility index (Phi) is 5.51. The standard InChI is InChI=1S/C7H14N2O.C2H6/c1-3-9-6-4-5-8(2)7(9)10;1-2/h3-6H2,1-2H3;1-2H3. The number of hydrogen-bond donors (Lipinski definition) is 0. The first kappa shape index (κ1) is 11.3. The Bertz CT molecular complexity index is 136. The molecule has 12 heavy (non-hydrogen) atoms. The fourth-order valence-corrected chi connectivity index (χ4v) is 1.22. The first-order valence-corrected chi connectivity index (χ1v) is 4.75. The van der Waals surface area contributed by atoms with Gasteiger partial charge in [-0.3, -0.25) is 0 Å². The summed E-state index contributed by atoms with van der Waals surface area (Å²) >= 11 is 0. The Labute approximate surface area is 75.3 Å². The van der Waals surface area contributed by atoms with Gasteiger partial charge in [-0.05, 0) is 13.3 Å². The Morgan fingerprint density at radius 1 is 1.33 bits per heavy atom. The topological polar surface area (TPSA) is 23.6 Å². The predicted octanol–water partition coefficient (Wildman–Crippen LogP) is 1.79. The lowest BCUT2D eigenvalue weighted by Crippen LogP contribution is -2.47. The van der Waals surface area contributed by atoms with E-state index in [4.69, 9.17) is 0 Å². The van der Waals surface area contributed by atoms with Gasteiger partial charge in [0.15, 0.2) is 0 Å². The molecule has 1 saturated heterocycles. The van der Waals surface area contributed by atoms with Gasteiger partial charge in [-0.2, -0.15) is 0 Å². The second-order valence-corrected chi connectivity index (χ2v) is 2.64. The summed E-state index contributed by atoms with van der Waals surface area (Å²) in [6.45, 7) is 8.69. The van der Waals surface area contributed by atoms with Crippen molar-refractivity contribution in [2.24, 2.45) is 0 Å². The fourth-order valence-electron chi connectivity index (χ4n) is 1.22. The smallest absolute Gasteiger partial charge is 0.319 e. The molecule has 0 aromatic heterocycles. The van der Waals surface area contributed by atoms with Crippen LogP contribution in [0.25, 0.3) is 0 Å². The van der Waals surface area contributed by atoms with Gasteiger partial charge in [-0.15, -0.1) is 0 Å². The summed E-state index contributed by atoms with van der Waals surface area (Å²) in [6.07, 6.45) is 1.11. The Balaban J connectivity index is 0.000000561. The second kappa shape index (κ2) is 5.86. The molecule has 0 spiro atoms. The van der Waals surface area contributed by atoms with E-state index in [1.807, 2.05) is 32.7 Å². The third kappa shape index (κ3) is 2.72. The molecule has 0 N–H and O–H groups in total. The summed E-state index contributed by atoms with van der Waals surface area (Å²) in [5, 5.41) is 0. The number of nitrogens with zero attached hydrogens (tertiary/aromatic N) is 2. The van der Waals surface area contributed by atoms with Crippen molar-refractivity contribution >= 4 is 6.03 Å². The molecule has 0 radical (unpaired) electrons. The van der Waals surface area contributed by atoms with Crippen molar-refractivity contribution in [3.8, 4) is 0 Å². The van der Waals surface area contributed by atoms with Crippen LogP contribution in [0, 0.1) is 0 Å². The number of amides is 2. The minimum absolute atomic E-state index is 0.175. The van der Waals surface area contributed by atoms with Crippen LogP contribution in [0.4, 0.5) is 4.79 Å². The number of hydrogen-bond acceptors (Lipinski definition) is 1. The van der Waals surface area contributed by atoms with Crippen LogP contribution in [0.3, 0.4) is 0 Å². The lowest BCUT2D eigenvalue weighted by Gasteiger charge is -2.32. The van der Waals surface area contributed by atoms with Crippen molar-refractivity contribution in [3.63, 3.8) is 0 Å². The zero-order valence-electron chi connectivity index (χ0n) is 8.63. The van der Waals surface area contributed by atoms with Crippen molar-refractivity contribution < 1.29 is 4.79 Å². The number of carbonyl (C=O) groups is 1. The van der Waals surface area contributed by atoms with Crippen molar-refractivity contribution in [2.75, 3.05) is 26.7 Å². The molecule has 3 heteroatoms. The molecule has 0 aliphatic carbocycles. The van der Waals surface area contributed by atoms with E-state index in [9.17, 15) is 4.79 Å². The minimum atomic E-state index is 0.175. The van der Waals surface area contributed by atoms with Crippen LogP contribution in [0.15, 0.2) is 0 Å². The number of carbonyl (C=O) groups excluding carboxylic acids is 1. The van der Waals surface area contributed by atoms with Crippen LogP contribution in [0.5, 0.6) is 0 Å². The largest absolute Gasteiger partial charge is 0.328 e. The third-order valence-corrected chi connectivity index (χ3v) is 1.90. The predicted molar refractivity (Wildman–Crippen MR) is 51.2 cm³/mol. The molecule has 1 fully saturated rings. The molecule has 1 heterocycles. The number of urea groups is 1. The van der Waals surface area contributed by atoms with Gasteiger partial charge in [-0.1, -0.05) is 13.8 Å². The summed E-state index contributed by atoms with van der Waals surface area (Å²) in [6, 6.07) is 0.175. The van der Waals surface area contributed by atoms with Gasteiger partial charge in [0.25, 0.3) is 0 Å². The molecule has 0 aromatic rings. The average molecular weight is 172 g/mol. The van der Waals surface area contributed by atoms with E-state index in [-0.39, 0.29) is 6.03 Å². The second-order valence-electron chi connectivity index (χ2n) is 2.64. The van der Waals surface area contributed by atoms with Crippen LogP contribution in [-0.4, -0.2) is 42.5 Å². The molecular formula is C9H20N2O. The molecule has 0 saturated carbocycles. The van der Waals surface area contributed by atoms with E-state index in [2.05, 4.69) is 0 Å². The van der Waals surface area contributed by atoms with Crippen LogP contribution in [0.1, 0.15) is 27.2 Å². The van der Waals surface area contributed by atoms with Crippen LogP contribution < -0.4 is 0 Å². The number of rotatable bonds is 1. The van der Waals surface area contributed by atoms with E-state index < -0.39 is 0 Å². The molecule has 3 nitrogen and oxygen atoms in total. The molecule has 0 atom stereocenters. The summed E-state index contributed by atoms with van der Waals surface area (Å²) in [5.74, 6) is 0. The van der Waals surface area contributed by atoms with Crippen molar-refractivity contribution in [1.82, 2.24) is 9.80 Å². The highest BCUT2D eigenvalue weighted by Crippen LogP contribution is 2.05. The monoisotopic (exact) mass is 172 g/mol. The molecule has 0 unspecified atom stereocenters. The van der Waals surface area contributed by atoms with E-state index >= 15 is 0 Å². The van der Waals surface area contributed by atoms with E-state index in [1.165, 1.54) is 0 Å². The maximum Gasteiger partial charge on any atom is 0.319 e. The third-order valence-electron chi connectivity index (χ3n) is 1.90. The van der Waals surface area contributed by atoms with Gasteiger partial charge in [0.2, 0.25) is 0 Å². The lowest BCUT2D eigenvalue weighted by molar-refractivity contribution is 0.144. The summed E-state index contributed by atoms with van der Waals surface area (Å²) < 4.78 is 0. The van der Waals surface area contributed by atoms with Crippen LogP contribution in [0.2, 0.25) is 0 Å². The summed E-state index contributed by atoms with van der Waals surface area (Å²) in [5.41, 5.74) is 0. The zero-order valence-corrected chi connectivity index (χ0v) is 8.63. The van der Waals surface area contributed by atoms with Crippen molar-refractivity contribution in [3.05, 3.63) is 0 Å². The Morgan fingerprint density at radius 3 is 2.33 bits per heavy atom. The molecule has 0 aromatic carbocycles. The highest BCUT2D eigenvalue weighted by atomic mass is 16.2. The van der Waals surface area contributed by atoms with E-state index in [0.29, 0.717) is 0 Å². The molecule has 1 aliphatic heterocycles. The molecule has 0 bridgehead atoms. The highest BCUT2D eigenvalue weighted by Gasteiger charge is 2.20. The van der Waals surface area contributed by atoms with Crippen LogP contribution in [-0.2, 0) is 0 Å². The first-order valence-electron chi connectivity index (χ1n) is 4.75. The van der Waals surface area contributed by atoms with Gasteiger partial charge in [-0.25, -0.2) is 4.79 Å². The summed E-state index contributed by atoms with van der Waals surface area (Å²) in [7, 11) is 1.85. The normalized spacial score (nSPS) is 17.2. The molecule has 2 amide bonds. The van der Waals surface area contributed by atoms with Crippen LogP contribution >= 0.6 is 0 Å².